The van der Waals surface area contributed by atoms with Crippen molar-refractivity contribution in [3.8, 4) is 5.69 Å². The van der Waals surface area contributed by atoms with Crippen molar-refractivity contribution in [2.24, 2.45) is 0 Å². The van der Waals surface area contributed by atoms with Gasteiger partial charge in [0, 0.05) is 18.3 Å². The molecule has 0 bridgehead atoms. The molecule has 0 unspecified atom stereocenters. The number of aromatic nitrogens is 2. The summed E-state index contributed by atoms with van der Waals surface area (Å²) in [5.74, 6) is -0.563. The SMILES string of the molecule is CN(CC(=O)Nc1ccccc1Cl)C(=O)c1ccc(-n2cnc3ccccc32)cc1. The smallest absolute Gasteiger partial charge is 0.254 e. The number of para-hydroxylation sites is 3. The van der Waals surface area contributed by atoms with Gasteiger partial charge in [-0.15, -0.1) is 0 Å². The van der Waals surface area contributed by atoms with Crippen LogP contribution in [-0.2, 0) is 4.79 Å². The lowest BCUT2D eigenvalue weighted by Gasteiger charge is -2.17. The molecule has 0 aliphatic heterocycles. The zero-order valence-corrected chi connectivity index (χ0v) is 17.0. The molecule has 150 valence electrons. The summed E-state index contributed by atoms with van der Waals surface area (Å²) < 4.78 is 1.96. The Morgan fingerprint density at radius 1 is 1.00 bits per heavy atom. The predicted molar refractivity (Wildman–Crippen MR) is 118 cm³/mol. The van der Waals surface area contributed by atoms with Gasteiger partial charge in [-0.25, -0.2) is 4.98 Å². The molecular formula is C23H19ClN4O2. The Kier molecular flexibility index (Phi) is 5.50. The van der Waals surface area contributed by atoms with Gasteiger partial charge < -0.3 is 10.2 Å². The van der Waals surface area contributed by atoms with Crippen molar-refractivity contribution < 1.29 is 9.59 Å². The first-order chi connectivity index (χ1) is 14.5. The average molecular weight is 419 g/mol. The van der Waals surface area contributed by atoms with Crippen LogP contribution in [0.5, 0.6) is 0 Å². The zero-order chi connectivity index (χ0) is 21.1. The van der Waals surface area contributed by atoms with Crippen molar-refractivity contribution in [2.75, 3.05) is 18.9 Å². The van der Waals surface area contributed by atoms with Crippen molar-refractivity contribution >= 4 is 40.1 Å². The van der Waals surface area contributed by atoms with E-state index in [-0.39, 0.29) is 18.4 Å². The number of hydrogen-bond donors (Lipinski definition) is 1. The van der Waals surface area contributed by atoms with Gasteiger partial charge in [0.2, 0.25) is 5.91 Å². The van der Waals surface area contributed by atoms with Gasteiger partial charge >= 0.3 is 0 Å². The van der Waals surface area contributed by atoms with Gasteiger partial charge in [-0.05, 0) is 48.5 Å². The number of rotatable bonds is 5. The molecule has 0 saturated heterocycles. The van der Waals surface area contributed by atoms with Crippen LogP contribution in [0.2, 0.25) is 5.02 Å². The molecule has 1 N–H and O–H groups in total. The second kappa shape index (κ2) is 8.39. The highest BCUT2D eigenvalue weighted by Crippen LogP contribution is 2.21. The van der Waals surface area contributed by atoms with Crippen molar-refractivity contribution in [2.45, 2.75) is 0 Å². The highest BCUT2D eigenvalue weighted by atomic mass is 35.5. The van der Waals surface area contributed by atoms with E-state index in [0.29, 0.717) is 16.3 Å². The third-order valence-electron chi connectivity index (χ3n) is 4.72. The molecule has 2 amide bonds. The van der Waals surface area contributed by atoms with Gasteiger partial charge in [0.05, 0.1) is 28.3 Å². The molecule has 0 radical (unpaired) electrons. The number of fused-ring (bicyclic) bond motifs is 1. The quantitative estimate of drug-likeness (QED) is 0.522. The Labute approximate surface area is 178 Å². The van der Waals surface area contributed by atoms with Gasteiger partial charge in [0.1, 0.15) is 6.33 Å². The maximum atomic E-state index is 12.7. The van der Waals surface area contributed by atoms with Crippen molar-refractivity contribution in [1.82, 2.24) is 14.5 Å². The fourth-order valence-electron chi connectivity index (χ4n) is 3.19. The highest BCUT2D eigenvalue weighted by molar-refractivity contribution is 6.33. The van der Waals surface area contributed by atoms with E-state index in [1.165, 1.54) is 4.90 Å². The van der Waals surface area contributed by atoms with E-state index in [1.54, 1.807) is 49.8 Å². The second-order valence-electron chi connectivity index (χ2n) is 6.84. The van der Waals surface area contributed by atoms with E-state index < -0.39 is 0 Å². The number of carbonyl (C=O) groups excluding carboxylic acids is 2. The molecule has 0 spiro atoms. The minimum absolute atomic E-state index is 0.0854. The van der Waals surface area contributed by atoms with Crippen LogP contribution in [-0.4, -0.2) is 39.9 Å². The first-order valence-corrected chi connectivity index (χ1v) is 9.73. The first kappa shape index (κ1) is 19.7. The molecule has 0 aliphatic rings. The van der Waals surface area contributed by atoms with E-state index in [9.17, 15) is 9.59 Å². The summed E-state index contributed by atoms with van der Waals surface area (Å²) in [6.45, 7) is -0.0854. The number of hydrogen-bond acceptors (Lipinski definition) is 3. The van der Waals surface area contributed by atoms with E-state index in [1.807, 2.05) is 41.0 Å². The molecule has 0 aliphatic carbocycles. The van der Waals surface area contributed by atoms with Crippen molar-refractivity contribution in [3.63, 3.8) is 0 Å². The Hall–Kier alpha value is -3.64. The van der Waals surface area contributed by atoms with Crippen LogP contribution in [0.3, 0.4) is 0 Å². The summed E-state index contributed by atoms with van der Waals surface area (Å²) in [6, 6.07) is 22.0. The molecule has 0 saturated carbocycles. The molecule has 7 heteroatoms. The number of carbonyl (C=O) groups is 2. The van der Waals surface area contributed by atoms with Crippen LogP contribution < -0.4 is 5.32 Å². The molecule has 4 aromatic rings. The minimum atomic E-state index is -0.319. The molecule has 4 rings (SSSR count). The topological polar surface area (TPSA) is 67.2 Å². The fraction of sp³-hybridized carbons (Fsp3) is 0.0870. The fourth-order valence-corrected chi connectivity index (χ4v) is 3.37. The van der Waals surface area contributed by atoms with Crippen LogP contribution in [0.1, 0.15) is 10.4 Å². The number of amides is 2. The maximum Gasteiger partial charge on any atom is 0.254 e. The van der Waals surface area contributed by atoms with Crippen molar-refractivity contribution in [1.29, 1.82) is 0 Å². The molecule has 1 heterocycles. The Morgan fingerprint density at radius 3 is 2.47 bits per heavy atom. The average Bonchev–Trinajstić information content (AvgIpc) is 3.19. The van der Waals surface area contributed by atoms with E-state index in [0.717, 1.165) is 16.7 Å². The van der Waals surface area contributed by atoms with E-state index in [2.05, 4.69) is 10.3 Å². The number of benzene rings is 3. The van der Waals surface area contributed by atoms with E-state index >= 15 is 0 Å². The minimum Gasteiger partial charge on any atom is -0.332 e. The molecule has 0 atom stereocenters. The van der Waals surface area contributed by atoms with Gasteiger partial charge in [0.15, 0.2) is 0 Å². The number of imidazole rings is 1. The Bertz CT molecular complexity index is 1220. The predicted octanol–water partition coefficient (Wildman–Crippen LogP) is 4.39. The molecular weight excluding hydrogens is 400 g/mol. The number of nitrogens with zero attached hydrogens (tertiary/aromatic N) is 3. The van der Waals surface area contributed by atoms with Crippen LogP contribution in [0, 0.1) is 0 Å². The summed E-state index contributed by atoms with van der Waals surface area (Å²) in [7, 11) is 1.59. The van der Waals surface area contributed by atoms with Gasteiger partial charge in [-0.1, -0.05) is 35.9 Å². The van der Waals surface area contributed by atoms with Crippen LogP contribution in [0.4, 0.5) is 5.69 Å². The standard InChI is InChI=1S/C23H19ClN4O2/c1-27(14-22(29)26-19-7-3-2-6-18(19)24)23(30)16-10-12-17(13-11-16)28-15-25-20-8-4-5-9-21(20)28/h2-13,15H,14H2,1H3,(H,26,29). The molecule has 30 heavy (non-hydrogen) atoms. The molecule has 3 aromatic carbocycles. The van der Waals surface area contributed by atoms with E-state index in [4.69, 9.17) is 11.6 Å². The van der Waals surface area contributed by atoms with Crippen LogP contribution >= 0.6 is 11.6 Å². The summed E-state index contributed by atoms with van der Waals surface area (Å²) in [5, 5.41) is 3.16. The Balaban J connectivity index is 1.44. The molecule has 0 fully saturated rings. The number of halogens is 1. The molecule has 1 aromatic heterocycles. The van der Waals surface area contributed by atoms with Crippen LogP contribution in [0.25, 0.3) is 16.7 Å². The summed E-state index contributed by atoms with van der Waals surface area (Å²) in [5.41, 5.74) is 3.81. The number of likely N-dealkylation sites (N-methyl/N-ethyl adjacent to an activating group) is 1. The lowest BCUT2D eigenvalue weighted by molar-refractivity contribution is -0.116. The maximum absolute atomic E-state index is 12.7. The largest absolute Gasteiger partial charge is 0.332 e. The van der Waals surface area contributed by atoms with Gasteiger partial charge in [-0.3, -0.25) is 14.2 Å². The molecule has 6 nitrogen and oxygen atoms in total. The Morgan fingerprint density at radius 2 is 1.70 bits per heavy atom. The van der Waals surface area contributed by atoms with Gasteiger partial charge in [0.25, 0.3) is 5.91 Å². The zero-order valence-electron chi connectivity index (χ0n) is 16.2. The van der Waals surface area contributed by atoms with Crippen LogP contribution in [0.15, 0.2) is 79.1 Å². The van der Waals surface area contributed by atoms with Crippen molar-refractivity contribution in [3.05, 3.63) is 89.7 Å². The van der Waals surface area contributed by atoms with Gasteiger partial charge in [-0.2, -0.15) is 0 Å². The monoisotopic (exact) mass is 418 g/mol. The third-order valence-corrected chi connectivity index (χ3v) is 5.05. The summed E-state index contributed by atoms with van der Waals surface area (Å²) in [6.07, 6.45) is 1.76. The number of nitrogens with one attached hydrogen (secondary N) is 1. The lowest BCUT2D eigenvalue weighted by atomic mass is 10.1. The normalized spacial score (nSPS) is 10.7. The lowest BCUT2D eigenvalue weighted by Crippen LogP contribution is -2.35. The summed E-state index contributed by atoms with van der Waals surface area (Å²) >= 11 is 6.06. The second-order valence-corrected chi connectivity index (χ2v) is 7.25. The first-order valence-electron chi connectivity index (χ1n) is 9.35. The highest BCUT2D eigenvalue weighted by Gasteiger charge is 2.16. The number of anilines is 1. The summed E-state index contributed by atoms with van der Waals surface area (Å²) in [4.78, 5) is 30.7. The third kappa shape index (κ3) is 4.04.